The minimum absolute atomic E-state index is 0.140. The van der Waals surface area contributed by atoms with E-state index >= 15 is 0 Å². The summed E-state index contributed by atoms with van der Waals surface area (Å²) in [6, 6.07) is 0.647. The van der Waals surface area contributed by atoms with E-state index in [1.807, 2.05) is 5.32 Å². The highest BCUT2D eigenvalue weighted by molar-refractivity contribution is 7.20. The highest BCUT2D eigenvalue weighted by atomic mass is 35.5. The van der Waals surface area contributed by atoms with E-state index in [-0.39, 0.29) is 11.5 Å². The van der Waals surface area contributed by atoms with Gasteiger partial charge in [-0.3, -0.25) is 25.0 Å². The maximum Gasteiger partial charge on any atom is 0.412 e. The number of hydrogen-bond acceptors (Lipinski definition) is 6. The van der Waals surface area contributed by atoms with Gasteiger partial charge in [-0.05, 0) is 30.3 Å². The van der Waals surface area contributed by atoms with Crippen molar-refractivity contribution in [3.05, 3.63) is 48.5 Å². The number of anilines is 1. The molecule has 0 bridgehead atoms. The molecule has 1 aliphatic rings. The quantitative estimate of drug-likeness (QED) is 0.601. The van der Waals surface area contributed by atoms with Gasteiger partial charge in [0.05, 0.1) is 15.4 Å². The Kier molecular flexibility index (Phi) is 5.13. The molecule has 13 heteroatoms. The Bertz CT molecular complexity index is 830. The van der Waals surface area contributed by atoms with Crippen LogP contribution in [0.2, 0.25) is 0 Å². The van der Waals surface area contributed by atoms with E-state index in [0.29, 0.717) is 23.5 Å². The molecule has 1 amide bonds. The van der Waals surface area contributed by atoms with Crippen LogP contribution in [-0.2, 0) is 4.79 Å². The van der Waals surface area contributed by atoms with Crippen LogP contribution in [0.15, 0.2) is 28.3 Å². The Morgan fingerprint density at radius 1 is 1.24 bits per heavy atom. The second-order valence-electron chi connectivity index (χ2n) is 4.75. The van der Waals surface area contributed by atoms with Gasteiger partial charge in [-0.25, -0.2) is 0 Å². The summed E-state index contributed by atoms with van der Waals surface area (Å²) in [6.07, 6.45) is -4.70. The molecule has 1 heterocycles. The Hall–Kier alpha value is -2.47. The number of amides is 1. The van der Waals surface area contributed by atoms with Crippen molar-refractivity contribution in [3.8, 4) is 0 Å². The Morgan fingerprint density at radius 2 is 1.88 bits per heavy atom. The number of allylic oxidation sites excluding steroid dienone is 2. The topological polar surface area (TPSA) is 115 Å². The molecule has 0 saturated carbocycles. The fourth-order valence-electron chi connectivity index (χ4n) is 1.97. The maximum atomic E-state index is 12.8. The summed E-state index contributed by atoms with van der Waals surface area (Å²) < 4.78 is 38.3. The lowest BCUT2D eigenvalue weighted by Gasteiger charge is -2.18. The van der Waals surface area contributed by atoms with Crippen LogP contribution in [0.25, 0.3) is 0 Å². The molecule has 8 nitrogen and oxygen atoms in total. The number of alkyl halides is 3. The number of halogens is 4. The third-order valence-electron chi connectivity index (χ3n) is 3.14. The van der Waals surface area contributed by atoms with Crippen molar-refractivity contribution in [2.24, 2.45) is 0 Å². The number of carbonyl (C=O) groups is 1. The van der Waals surface area contributed by atoms with Gasteiger partial charge in [-0.15, -0.1) is 0 Å². The molecule has 0 saturated heterocycles. The molecule has 0 aromatic carbocycles. The third kappa shape index (κ3) is 4.14. The smallest absolute Gasteiger partial charge is 0.308 e. The number of nitro groups is 2. The molecule has 2 rings (SSSR count). The lowest BCUT2D eigenvalue weighted by atomic mass is 9.98. The number of nitrogens with zero attached hydrogens (tertiary/aromatic N) is 2. The van der Waals surface area contributed by atoms with Gasteiger partial charge in [0.1, 0.15) is 6.07 Å². The highest BCUT2D eigenvalue weighted by Gasteiger charge is 2.36. The molecule has 25 heavy (non-hydrogen) atoms. The van der Waals surface area contributed by atoms with Crippen LogP contribution in [0.1, 0.15) is 12.8 Å². The molecule has 0 fully saturated rings. The fraction of sp³-hybridized carbons (Fsp3) is 0.250. The van der Waals surface area contributed by atoms with Crippen LogP contribution >= 0.6 is 22.9 Å². The molecule has 1 aliphatic carbocycles. The zero-order chi connectivity index (χ0) is 18.9. The van der Waals surface area contributed by atoms with Gasteiger partial charge >= 0.3 is 16.9 Å². The summed E-state index contributed by atoms with van der Waals surface area (Å²) >= 11 is 6.10. The first-order chi connectivity index (χ1) is 11.5. The predicted octanol–water partition coefficient (Wildman–Crippen LogP) is 4.28. The Balaban J connectivity index is 2.35. The number of carbonyl (C=O) groups excluding carboxylic acids is 1. The zero-order valence-corrected chi connectivity index (χ0v) is 13.5. The summed E-state index contributed by atoms with van der Waals surface area (Å²) in [6.45, 7) is 0. The van der Waals surface area contributed by atoms with E-state index in [9.17, 15) is 38.2 Å². The second-order valence-corrected chi connectivity index (χ2v) is 6.24. The molecule has 1 aromatic rings. The van der Waals surface area contributed by atoms with Crippen LogP contribution in [-0.4, -0.2) is 21.9 Å². The van der Waals surface area contributed by atoms with Gasteiger partial charge in [0.15, 0.2) is 5.00 Å². The molecule has 0 unspecified atom stereocenters. The highest BCUT2D eigenvalue weighted by Crippen LogP contribution is 2.40. The summed E-state index contributed by atoms with van der Waals surface area (Å²) in [5, 5.41) is 22.4. The van der Waals surface area contributed by atoms with E-state index in [0.717, 1.165) is 0 Å². The standard InChI is InChI=1S/C12H7ClF3N3O5S/c13-7-2-1-5(12(14,15)16)3-6(7)10(20)17-11-8(18(21)22)4-9(25-11)19(23)24/h3-4H,1-2H2,(H,17,20). The first kappa shape index (κ1) is 18.9. The molecule has 0 radical (unpaired) electrons. The molecule has 1 N–H and O–H groups in total. The molecule has 134 valence electrons. The van der Waals surface area contributed by atoms with E-state index < -0.39 is 55.2 Å². The first-order valence-electron chi connectivity index (χ1n) is 6.41. The van der Waals surface area contributed by atoms with Gasteiger partial charge in [0.25, 0.3) is 5.91 Å². The van der Waals surface area contributed by atoms with Gasteiger partial charge in [0, 0.05) is 10.6 Å². The lowest BCUT2D eigenvalue weighted by Crippen LogP contribution is -2.20. The molecule has 1 aromatic heterocycles. The average Bonchev–Trinajstić information content (AvgIpc) is 2.90. The monoisotopic (exact) mass is 397 g/mol. The number of nitrogens with one attached hydrogen (secondary N) is 1. The van der Waals surface area contributed by atoms with Crippen molar-refractivity contribution in [2.75, 3.05) is 5.32 Å². The van der Waals surface area contributed by atoms with Crippen molar-refractivity contribution in [2.45, 2.75) is 19.0 Å². The summed E-state index contributed by atoms with van der Waals surface area (Å²) in [4.78, 5) is 31.9. The van der Waals surface area contributed by atoms with Crippen molar-refractivity contribution in [1.29, 1.82) is 0 Å². The van der Waals surface area contributed by atoms with Crippen LogP contribution in [0.5, 0.6) is 0 Å². The Morgan fingerprint density at radius 3 is 2.40 bits per heavy atom. The van der Waals surface area contributed by atoms with Crippen molar-refractivity contribution < 1.29 is 27.8 Å². The van der Waals surface area contributed by atoms with Crippen LogP contribution < -0.4 is 5.32 Å². The predicted molar refractivity (Wildman–Crippen MR) is 82.5 cm³/mol. The van der Waals surface area contributed by atoms with Gasteiger partial charge in [0.2, 0.25) is 0 Å². The lowest BCUT2D eigenvalue weighted by molar-refractivity contribution is -0.389. The van der Waals surface area contributed by atoms with Crippen molar-refractivity contribution in [1.82, 2.24) is 0 Å². The first-order valence-corrected chi connectivity index (χ1v) is 7.60. The van der Waals surface area contributed by atoms with E-state index in [2.05, 4.69) is 0 Å². The van der Waals surface area contributed by atoms with Crippen molar-refractivity contribution in [3.63, 3.8) is 0 Å². The van der Waals surface area contributed by atoms with Gasteiger partial charge in [-0.2, -0.15) is 13.2 Å². The van der Waals surface area contributed by atoms with E-state index in [1.54, 1.807) is 0 Å². The summed E-state index contributed by atoms with van der Waals surface area (Å²) in [5.41, 5.74) is -2.20. The molecular formula is C12H7ClF3N3O5S. The normalized spacial score (nSPS) is 15.0. The SMILES string of the molecule is O=C(Nc1sc([N+](=O)[O-])cc1[N+](=O)[O-])C1=C(Cl)CCC(C(F)(F)F)=C1. The number of rotatable bonds is 4. The largest absolute Gasteiger partial charge is 0.412 e. The van der Waals surface area contributed by atoms with Crippen LogP contribution in [0.4, 0.5) is 28.9 Å². The van der Waals surface area contributed by atoms with E-state index in [4.69, 9.17) is 11.6 Å². The zero-order valence-electron chi connectivity index (χ0n) is 11.9. The van der Waals surface area contributed by atoms with Gasteiger partial charge < -0.3 is 5.32 Å². The molecular weight excluding hydrogens is 391 g/mol. The summed E-state index contributed by atoms with van der Waals surface area (Å²) in [7, 11) is 0. The van der Waals surface area contributed by atoms with Gasteiger partial charge in [-0.1, -0.05) is 11.6 Å². The minimum Gasteiger partial charge on any atom is -0.308 e. The van der Waals surface area contributed by atoms with E-state index in [1.165, 1.54) is 0 Å². The average molecular weight is 398 g/mol. The number of hydrogen-bond donors (Lipinski definition) is 1. The molecule has 0 aliphatic heterocycles. The van der Waals surface area contributed by atoms with Crippen LogP contribution in [0, 0.1) is 20.2 Å². The summed E-state index contributed by atoms with van der Waals surface area (Å²) in [5.74, 6) is -1.12. The second kappa shape index (κ2) is 6.80. The maximum absolute atomic E-state index is 12.8. The Labute approximate surface area is 145 Å². The molecule has 0 atom stereocenters. The minimum atomic E-state index is -4.64. The number of thiophene rings is 1. The van der Waals surface area contributed by atoms with Crippen LogP contribution in [0.3, 0.4) is 0 Å². The fourth-order valence-corrected chi connectivity index (χ4v) is 3.04. The molecule has 0 spiro atoms. The third-order valence-corrected chi connectivity index (χ3v) is 4.52. The van der Waals surface area contributed by atoms with Crippen molar-refractivity contribution >= 4 is 44.5 Å².